The summed E-state index contributed by atoms with van der Waals surface area (Å²) in [4.78, 5) is 2.62. The van der Waals surface area contributed by atoms with Gasteiger partial charge >= 0.3 is 0 Å². The molecule has 2 unspecified atom stereocenters. The fraction of sp³-hybridized carbons (Fsp3) is 0.600. The molecule has 2 heteroatoms. The molecule has 0 radical (unpaired) electrons. The van der Waals surface area contributed by atoms with Gasteiger partial charge in [0.25, 0.3) is 0 Å². The standard InChI is InChI=1S/C15H24N2/c1-3-11-17-12-15(16-10-9-13(17)2)14-7-5-4-6-8-14/h4-8,13,15-16H,3,9-12H2,1-2H3. The first-order valence-corrected chi connectivity index (χ1v) is 6.83. The predicted molar refractivity (Wildman–Crippen MR) is 73.1 cm³/mol. The lowest BCUT2D eigenvalue weighted by atomic mass is 10.1. The van der Waals surface area contributed by atoms with Crippen LogP contribution in [0.4, 0.5) is 0 Å². The number of nitrogens with one attached hydrogen (secondary N) is 1. The van der Waals surface area contributed by atoms with Gasteiger partial charge in [-0.2, -0.15) is 0 Å². The molecule has 1 fully saturated rings. The van der Waals surface area contributed by atoms with Crippen molar-refractivity contribution in [2.45, 2.75) is 38.8 Å². The van der Waals surface area contributed by atoms with Gasteiger partial charge in [-0.25, -0.2) is 0 Å². The van der Waals surface area contributed by atoms with Crippen molar-refractivity contribution < 1.29 is 0 Å². The van der Waals surface area contributed by atoms with Crippen LogP contribution in [0.3, 0.4) is 0 Å². The van der Waals surface area contributed by atoms with Gasteiger partial charge in [0.15, 0.2) is 0 Å². The average molecular weight is 232 g/mol. The van der Waals surface area contributed by atoms with Crippen LogP contribution in [0.1, 0.15) is 38.3 Å². The number of hydrogen-bond acceptors (Lipinski definition) is 2. The Morgan fingerprint density at radius 3 is 2.76 bits per heavy atom. The van der Waals surface area contributed by atoms with Crippen molar-refractivity contribution in [2.24, 2.45) is 0 Å². The number of hydrogen-bond donors (Lipinski definition) is 1. The molecule has 0 bridgehead atoms. The van der Waals surface area contributed by atoms with Gasteiger partial charge in [-0.05, 0) is 38.4 Å². The zero-order chi connectivity index (χ0) is 12.1. The summed E-state index contributed by atoms with van der Waals surface area (Å²) in [6.45, 7) is 8.10. The fourth-order valence-corrected chi connectivity index (χ4v) is 2.64. The molecular formula is C15H24N2. The topological polar surface area (TPSA) is 15.3 Å². The summed E-state index contributed by atoms with van der Waals surface area (Å²) in [6.07, 6.45) is 2.50. The van der Waals surface area contributed by atoms with E-state index in [0.717, 1.165) is 13.1 Å². The molecule has 2 atom stereocenters. The minimum absolute atomic E-state index is 0.493. The van der Waals surface area contributed by atoms with Crippen molar-refractivity contribution in [1.29, 1.82) is 0 Å². The third kappa shape index (κ3) is 3.30. The summed E-state index contributed by atoms with van der Waals surface area (Å²) in [7, 11) is 0. The van der Waals surface area contributed by atoms with Crippen LogP contribution in [0, 0.1) is 0 Å². The SMILES string of the molecule is CCCN1CC(c2ccccc2)NCCC1C. The zero-order valence-electron chi connectivity index (χ0n) is 11.0. The average Bonchev–Trinajstić information content (AvgIpc) is 2.54. The first kappa shape index (κ1) is 12.6. The molecule has 2 rings (SSSR count). The first-order chi connectivity index (χ1) is 8.31. The van der Waals surface area contributed by atoms with E-state index in [1.807, 2.05) is 0 Å². The van der Waals surface area contributed by atoms with Crippen LogP contribution in [0.2, 0.25) is 0 Å². The molecule has 0 aliphatic carbocycles. The molecule has 1 saturated heterocycles. The van der Waals surface area contributed by atoms with E-state index in [2.05, 4.69) is 54.4 Å². The molecular weight excluding hydrogens is 208 g/mol. The molecule has 0 aromatic heterocycles. The smallest absolute Gasteiger partial charge is 0.0449 e. The van der Waals surface area contributed by atoms with Gasteiger partial charge in [0.05, 0.1) is 0 Å². The Labute approximate surface area is 105 Å². The number of benzene rings is 1. The largest absolute Gasteiger partial charge is 0.309 e. The molecule has 1 aromatic carbocycles. The Morgan fingerprint density at radius 2 is 2.06 bits per heavy atom. The Balaban J connectivity index is 2.08. The maximum Gasteiger partial charge on any atom is 0.0449 e. The lowest BCUT2D eigenvalue weighted by Gasteiger charge is -2.28. The molecule has 1 aromatic rings. The van der Waals surface area contributed by atoms with Crippen LogP contribution in [-0.4, -0.2) is 30.6 Å². The summed E-state index contributed by atoms with van der Waals surface area (Å²) in [5.41, 5.74) is 1.42. The molecule has 0 saturated carbocycles. The quantitative estimate of drug-likeness (QED) is 0.862. The molecule has 17 heavy (non-hydrogen) atoms. The van der Waals surface area contributed by atoms with Crippen LogP contribution in [0.15, 0.2) is 30.3 Å². The summed E-state index contributed by atoms with van der Waals surface area (Å²) in [5.74, 6) is 0. The van der Waals surface area contributed by atoms with Gasteiger partial charge in [-0.3, -0.25) is 4.90 Å². The first-order valence-electron chi connectivity index (χ1n) is 6.83. The molecule has 1 aliphatic heterocycles. The second-order valence-corrected chi connectivity index (χ2v) is 5.05. The monoisotopic (exact) mass is 232 g/mol. The maximum atomic E-state index is 3.68. The second kappa shape index (κ2) is 6.18. The van der Waals surface area contributed by atoms with Crippen LogP contribution < -0.4 is 5.32 Å². The van der Waals surface area contributed by atoms with E-state index in [9.17, 15) is 0 Å². The third-order valence-electron chi connectivity index (χ3n) is 3.71. The van der Waals surface area contributed by atoms with E-state index in [-0.39, 0.29) is 0 Å². The van der Waals surface area contributed by atoms with Crippen molar-refractivity contribution in [3.8, 4) is 0 Å². The highest BCUT2D eigenvalue weighted by molar-refractivity contribution is 5.19. The Morgan fingerprint density at radius 1 is 1.29 bits per heavy atom. The highest BCUT2D eigenvalue weighted by Gasteiger charge is 2.22. The maximum absolute atomic E-state index is 3.68. The molecule has 2 nitrogen and oxygen atoms in total. The summed E-state index contributed by atoms with van der Waals surface area (Å²) < 4.78 is 0. The van der Waals surface area contributed by atoms with Gasteiger partial charge in [0, 0.05) is 18.6 Å². The van der Waals surface area contributed by atoms with Crippen LogP contribution in [-0.2, 0) is 0 Å². The Kier molecular flexibility index (Phi) is 4.57. The van der Waals surface area contributed by atoms with Crippen molar-refractivity contribution in [3.63, 3.8) is 0 Å². The van der Waals surface area contributed by atoms with Gasteiger partial charge in [-0.1, -0.05) is 37.3 Å². The molecule has 94 valence electrons. The van der Waals surface area contributed by atoms with Crippen LogP contribution in [0.25, 0.3) is 0 Å². The third-order valence-corrected chi connectivity index (χ3v) is 3.71. The van der Waals surface area contributed by atoms with Gasteiger partial charge < -0.3 is 5.32 Å². The van der Waals surface area contributed by atoms with Gasteiger partial charge in [0.2, 0.25) is 0 Å². The summed E-state index contributed by atoms with van der Waals surface area (Å²) in [5, 5.41) is 3.68. The van der Waals surface area contributed by atoms with Crippen LogP contribution in [0.5, 0.6) is 0 Å². The van der Waals surface area contributed by atoms with Crippen molar-refractivity contribution >= 4 is 0 Å². The highest BCUT2D eigenvalue weighted by Crippen LogP contribution is 2.19. The highest BCUT2D eigenvalue weighted by atomic mass is 15.2. The Hall–Kier alpha value is -0.860. The van der Waals surface area contributed by atoms with Crippen molar-refractivity contribution in [3.05, 3.63) is 35.9 Å². The van der Waals surface area contributed by atoms with Crippen LogP contribution >= 0.6 is 0 Å². The van der Waals surface area contributed by atoms with E-state index < -0.39 is 0 Å². The summed E-state index contributed by atoms with van der Waals surface area (Å²) in [6, 6.07) is 12.0. The van der Waals surface area contributed by atoms with E-state index in [0.29, 0.717) is 12.1 Å². The molecule has 1 aliphatic rings. The molecule has 0 spiro atoms. The van der Waals surface area contributed by atoms with E-state index >= 15 is 0 Å². The normalized spacial score (nSPS) is 26.7. The lowest BCUT2D eigenvalue weighted by Crippen LogP contribution is -2.36. The fourth-order valence-electron chi connectivity index (χ4n) is 2.64. The lowest BCUT2D eigenvalue weighted by molar-refractivity contribution is 0.205. The summed E-state index contributed by atoms with van der Waals surface area (Å²) >= 11 is 0. The van der Waals surface area contributed by atoms with Gasteiger partial charge in [0.1, 0.15) is 0 Å². The van der Waals surface area contributed by atoms with E-state index in [4.69, 9.17) is 0 Å². The molecule has 0 amide bonds. The molecule has 1 N–H and O–H groups in total. The van der Waals surface area contributed by atoms with E-state index in [1.165, 1.54) is 24.9 Å². The van der Waals surface area contributed by atoms with Crippen molar-refractivity contribution in [2.75, 3.05) is 19.6 Å². The Bertz CT molecular complexity index is 323. The molecule has 1 heterocycles. The van der Waals surface area contributed by atoms with E-state index in [1.54, 1.807) is 0 Å². The number of nitrogens with zero attached hydrogens (tertiary/aromatic N) is 1. The minimum atomic E-state index is 0.493. The predicted octanol–water partition coefficient (Wildman–Crippen LogP) is 2.82. The number of rotatable bonds is 3. The second-order valence-electron chi connectivity index (χ2n) is 5.05. The zero-order valence-corrected chi connectivity index (χ0v) is 11.0. The van der Waals surface area contributed by atoms with Gasteiger partial charge in [-0.15, -0.1) is 0 Å². The minimum Gasteiger partial charge on any atom is -0.309 e. The van der Waals surface area contributed by atoms with Crippen molar-refractivity contribution in [1.82, 2.24) is 10.2 Å².